The van der Waals surface area contributed by atoms with Crippen LogP contribution in [0.5, 0.6) is 5.75 Å². The third-order valence-corrected chi connectivity index (χ3v) is 3.52. The minimum atomic E-state index is -0.957. The zero-order chi connectivity index (χ0) is 13.1. The first kappa shape index (κ1) is 12.1. The second-order valence-electron chi connectivity index (χ2n) is 3.50. The number of rotatable bonds is 3. The first-order valence-electron chi connectivity index (χ1n) is 5.07. The predicted octanol–water partition coefficient (Wildman–Crippen LogP) is 2.99. The molecule has 0 bridgehead atoms. The molecule has 0 aliphatic heterocycles. The summed E-state index contributed by atoms with van der Waals surface area (Å²) in [6.07, 6.45) is 0. The molecule has 2 aromatic rings. The number of carboxylic acid groups (broad SMARTS) is 1. The van der Waals surface area contributed by atoms with Crippen molar-refractivity contribution in [1.29, 1.82) is 5.26 Å². The molecular weight excluding hydrogens is 250 g/mol. The lowest BCUT2D eigenvalue weighted by atomic mass is 10.1. The van der Waals surface area contributed by atoms with E-state index in [2.05, 4.69) is 6.07 Å². The summed E-state index contributed by atoms with van der Waals surface area (Å²) in [5.41, 5.74) is 1.24. The molecule has 0 fully saturated rings. The Morgan fingerprint density at radius 3 is 2.72 bits per heavy atom. The average Bonchev–Trinajstić information content (AvgIpc) is 2.87. The smallest absolute Gasteiger partial charge is 0.345 e. The van der Waals surface area contributed by atoms with Crippen LogP contribution in [0.4, 0.5) is 0 Å². The lowest BCUT2D eigenvalue weighted by Gasteiger charge is -2.06. The molecule has 5 heteroatoms. The zero-order valence-corrected chi connectivity index (χ0v) is 10.3. The Hall–Kier alpha value is -2.32. The summed E-state index contributed by atoms with van der Waals surface area (Å²) < 4.78 is 5.22. The van der Waals surface area contributed by atoms with Gasteiger partial charge in [-0.15, -0.1) is 11.3 Å². The number of methoxy groups -OCH3 is 1. The molecule has 1 N–H and O–H groups in total. The van der Waals surface area contributed by atoms with E-state index >= 15 is 0 Å². The molecule has 0 spiro atoms. The van der Waals surface area contributed by atoms with Crippen molar-refractivity contribution in [2.24, 2.45) is 0 Å². The quantitative estimate of drug-likeness (QED) is 0.919. The molecule has 0 aliphatic rings. The number of nitrogens with zero attached hydrogens (tertiary/aromatic N) is 1. The van der Waals surface area contributed by atoms with Crippen LogP contribution < -0.4 is 4.74 Å². The first-order valence-corrected chi connectivity index (χ1v) is 5.89. The van der Waals surface area contributed by atoms with Crippen molar-refractivity contribution in [2.45, 2.75) is 0 Å². The summed E-state index contributed by atoms with van der Waals surface area (Å²) in [7, 11) is 1.54. The van der Waals surface area contributed by atoms with Gasteiger partial charge in [0.15, 0.2) is 0 Å². The summed E-state index contributed by atoms with van der Waals surface area (Å²) in [5.74, 6) is -0.338. The van der Waals surface area contributed by atoms with Gasteiger partial charge in [-0.05, 0) is 30.3 Å². The van der Waals surface area contributed by atoms with Crippen molar-refractivity contribution in [1.82, 2.24) is 0 Å². The molecule has 0 radical (unpaired) electrons. The number of hydrogen-bond donors (Lipinski definition) is 1. The lowest BCUT2D eigenvalue weighted by Crippen LogP contribution is -1.89. The summed E-state index contributed by atoms with van der Waals surface area (Å²) in [4.78, 5) is 11.9. The molecule has 0 saturated carbocycles. The Morgan fingerprint density at radius 2 is 2.17 bits per heavy atom. The lowest BCUT2D eigenvalue weighted by molar-refractivity contribution is 0.0702. The van der Waals surface area contributed by atoms with Gasteiger partial charge in [-0.3, -0.25) is 0 Å². The fourth-order valence-corrected chi connectivity index (χ4v) is 2.43. The van der Waals surface area contributed by atoms with Crippen LogP contribution in [0.2, 0.25) is 0 Å². The van der Waals surface area contributed by atoms with Gasteiger partial charge in [0.25, 0.3) is 0 Å². The molecule has 1 aromatic carbocycles. The van der Waals surface area contributed by atoms with Gasteiger partial charge < -0.3 is 9.84 Å². The maximum Gasteiger partial charge on any atom is 0.345 e. The van der Waals surface area contributed by atoms with Gasteiger partial charge in [0.1, 0.15) is 10.6 Å². The van der Waals surface area contributed by atoms with Gasteiger partial charge in [-0.25, -0.2) is 4.79 Å². The van der Waals surface area contributed by atoms with E-state index in [1.807, 2.05) is 0 Å². The van der Waals surface area contributed by atoms with Gasteiger partial charge in [-0.1, -0.05) is 0 Å². The molecule has 0 amide bonds. The van der Waals surface area contributed by atoms with Crippen LogP contribution >= 0.6 is 11.3 Å². The van der Waals surface area contributed by atoms with Gasteiger partial charge in [0.05, 0.1) is 18.7 Å². The Bertz CT molecular complexity index is 640. The van der Waals surface area contributed by atoms with Gasteiger partial charge in [0.2, 0.25) is 0 Å². The van der Waals surface area contributed by atoms with E-state index in [0.717, 1.165) is 21.8 Å². The highest BCUT2D eigenvalue weighted by atomic mass is 32.1. The van der Waals surface area contributed by atoms with Crippen molar-refractivity contribution in [3.63, 3.8) is 0 Å². The molecule has 0 saturated heterocycles. The van der Waals surface area contributed by atoms with E-state index in [-0.39, 0.29) is 4.88 Å². The number of benzene rings is 1. The monoisotopic (exact) mass is 259 g/mol. The third-order valence-electron chi connectivity index (χ3n) is 2.41. The van der Waals surface area contributed by atoms with Crippen molar-refractivity contribution < 1.29 is 14.6 Å². The highest BCUT2D eigenvalue weighted by Gasteiger charge is 2.12. The average molecular weight is 259 g/mol. The fourth-order valence-electron chi connectivity index (χ4n) is 1.57. The number of carboxylic acids is 1. The Labute approximate surface area is 108 Å². The van der Waals surface area contributed by atoms with Crippen molar-refractivity contribution >= 4 is 17.3 Å². The summed E-state index contributed by atoms with van der Waals surface area (Å²) in [6, 6.07) is 10.4. The Balaban J connectivity index is 2.54. The minimum absolute atomic E-state index is 0.259. The van der Waals surface area contributed by atoms with Gasteiger partial charge in [0, 0.05) is 10.4 Å². The SMILES string of the molecule is COc1ccc(C#N)cc1-c1ccc(C(=O)O)s1. The standard InChI is InChI=1S/C13H9NO3S/c1-17-10-3-2-8(7-14)6-9(10)11-4-5-12(18-11)13(15)16/h2-6H,1H3,(H,15,16). The van der Waals surface area contributed by atoms with E-state index in [1.54, 1.807) is 30.3 Å². The molecule has 0 aliphatic carbocycles. The van der Waals surface area contributed by atoms with Crippen molar-refractivity contribution in [3.8, 4) is 22.3 Å². The van der Waals surface area contributed by atoms with E-state index in [0.29, 0.717) is 11.3 Å². The largest absolute Gasteiger partial charge is 0.496 e. The second kappa shape index (κ2) is 4.90. The highest BCUT2D eigenvalue weighted by molar-refractivity contribution is 7.17. The van der Waals surface area contributed by atoms with Crippen LogP contribution in [0.1, 0.15) is 15.2 Å². The zero-order valence-electron chi connectivity index (χ0n) is 9.51. The molecule has 2 rings (SSSR count). The Morgan fingerprint density at radius 1 is 1.39 bits per heavy atom. The molecule has 18 heavy (non-hydrogen) atoms. The minimum Gasteiger partial charge on any atom is -0.496 e. The molecule has 1 heterocycles. The number of thiophene rings is 1. The summed E-state index contributed by atoms with van der Waals surface area (Å²) >= 11 is 1.15. The number of aromatic carboxylic acids is 1. The molecule has 0 unspecified atom stereocenters. The van der Waals surface area contributed by atoms with Crippen LogP contribution in [0.3, 0.4) is 0 Å². The van der Waals surface area contributed by atoms with Gasteiger partial charge in [-0.2, -0.15) is 5.26 Å². The molecule has 4 nitrogen and oxygen atoms in total. The second-order valence-corrected chi connectivity index (χ2v) is 4.58. The molecular formula is C13H9NO3S. The van der Waals surface area contributed by atoms with Crippen LogP contribution in [-0.2, 0) is 0 Å². The van der Waals surface area contributed by atoms with Crippen LogP contribution in [0.25, 0.3) is 10.4 Å². The predicted molar refractivity (Wildman–Crippen MR) is 68.0 cm³/mol. The van der Waals surface area contributed by atoms with Crippen molar-refractivity contribution in [2.75, 3.05) is 7.11 Å². The fraction of sp³-hybridized carbons (Fsp3) is 0.0769. The van der Waals surface area contributed by atoms with E-state index in [1.165, 1.54) is 7.11 Å². The normalized spacial score (nSPS) is 9.78. The number of ether oxygens (including phenoxy) is 1. The Kier molecular flexibility index (Phi) is 3.31. The van der Waals surface area contributed by atoms with E-state index in [4.69, 9.17) is 15.1 Å². The van der Waals surface area contributed by atoms with Crippen LogP contribution in [-0.4, -0.2) is 18.2 Å². The van der Waals surface area contributed by atoms with E-state index < -0.39 is 5.97 Å². The van der Waals surface area contributed by atoms with Gasteiger partial charge >= 0.3 is 5.97 Å². The van der Waals surface area contributed by atoms with E-state index in [9.17, 15) is 4.79 Å². The maximum atomic E-state index is 10.8. The number of carbonyl (C=O) groups is 1. The summed E-state index contributed by atoms with van der Waals surface area (Å²) in [5, 5.41) is 17.8. The molecule has 90 valence electrons. The third kappa shape index (κ3) is 2.19. The van der Waals surface area contributed by atoms with Crippen LogP contribution in [0, 0.1) is 11.3 Å². The van der Waals surface area contributed by atoms with Crippen molar-refractivity contribution in [3.05, 3.63) is 40.8 Å². The summed E-state index contributed by atoms with van der Waals surface area (Å²) in [6.45, 7) is 0. The number of hydrogen-bond acceptors (Lipinski definition) is 4. The number of nitriles is 1. The van der Waals surface area contributed by atoms with Crippen LogP contribution in [0.15, 0.2) is 30.3 Å². The highest BCUT2D eigenvalue weighted by Crippen LogP contribution is 2.35. The molecule has 0 atom stereocenters. The molecule has 1 aromatic heterocycles. The topological polar surface area (TPSA) is 70.3 Å². The maximum absolute atomic E-state index is 10.8. The first-order chi connectivity index (χ1) is 8.65.